The van der Waals surface area contributed by atoms with Crippen LogP contribution in [0.4, 0.5) is 0 Å². The molecule has 2 rings (SSSR count). The molecule has 1 amide bonds. The van der Waals surface area contributed by atoms with Gasteiger partial charge in [0.15, 0.2) is 0 Å². The van der Waals surface area contributed by atoms with Crippen LogP contribution in [0.1, 0.15) is 18.4 Å². The molecule has 5 nitrogen and oxygen atoms in total. The van der Waals surface area contributed by atoms with Crippen molar-refractivity contribution in [2.45, 2.75) is 17.1 Å². The minimum atomic E-state index is -3.45. The van der Waals surface area contributed by atoms with Crippen LogP contribution in [0.3, 0.4) is 0 Å². The third kappa shape index (κ3) is 6.02. The van der Waals surface area contributed by atoms with Crippen molar-refractivity contribution in [1.82, 2.24) is 9.62 Å². The van der Waals surface area contributed by atoms with Crippen LogP contribution in [0.5, 0.6) is 0 Å². The predicted octanol–water partition coefficient (Wildman–Crippen LogP) is 2.32. The van der Waals surface area contributed by atoms with Crippen LogP contribution in [0, 0.1) is 11.8 Å². The first-order valence-electron chi connectivity index (χ1n) is 7.80. The van der Waals surface area contributed by atoms with E-state index < -0.39 is 10.0 Å². The largest absolute Gasteiger partial charge is 0.345 e. The molecule has 0 aliphatic carbocycles. The second kappa shape index (κ2) is 9.37. The van der Waals surface area contributed by atoms with Crippen LogP contribution in [-0.2, 0) is 14.8 Å². The van der Waals surface area contributed by atoms with Crippen LogP contribution in [0.25, 0.3) is 0 Å². The Morgan fingerprint density at radius 3 is 2.64 bits per heavy atom. The van der Waals surface area contributed by atoms with Gasteiger partial charge in [-0.05, 0) is 30.0 Å². The van der Waals surface area contributed by atoms with E-state index >= 15 is 0 Å². The van der Waals surface area contributed by atoms with Gasteiger partial charge in [-0.1, -0.05) is 36.1 Å². The van der Waals surface area contributed by atoms with E-state index in [0.29, 0.717) is 17.2 Å². The zero-order valence-corrected chi connectivity index (χ0v) is 15.6. The summed E-state index contributed by atoms with van der Waals surface area (Å²) in [4.78, 5) is 11.8. The fourth-order valence-electron chi connectivity index (χ4n) is 2.05. The van der Waals surface area contributed by atoms with Gasteiger partial charge in [0.1, 0.15) is 4.21 Å². The molecular weight excluding hydrogens is 356 g/mol. The summed E-state index contributed by atoms with van der Waals surface area (Å²) < 4.78 is 26.1. The Morgan fingerprint density at radius 1 is 1.20 bits per heavy atom. The van der Waals surface area contributed by atoms with Crippen LogP contribution >= 0.6 is 11.3 Å². The van der Waals surface area contributed by atoms with Crippen LogP contribution in [0.2, 0.25) is 0 Å². The topological polar surface area (TPSA) is 66.5 Å². The number of carbonyl (C=O) groups excluding carboxylic acids is 1. The van der Waals surface area contributed by atoms with Crippen LogP contribution in [0.15, 0.2) is 52.1 Å². The molecule has 1 aromatic heterocycles. The molecule has 2 aromatic rings. The molecule has 0 radical (unpaired) electrons. The third-order valence-corrected chi connectivity index (χ3v) is 6.65. The van der Waals surface area contributed by atoms with Gasteiger partial charge in [0.25, 0.3) is 10.0 Å². The summed E-state index contributed by atoms with van der Waals surface area (Å²) in [6, 6.07) is 12.8. The molecule has 7 heteroatoms. The number of carbonyl (C=O) groups is 1. The van der Waals surface area contributed by atoms with E-state index in [-0.39, 0.29) is 18.9 Å². The highest BCUT2D eigenvalue weighted by molar-refractivity contribution is 7.91. The maximum absolute atomic E-state index is 12.2. The van der Waals surface area contributed by atoms with Crippen molar-refractivity contribution in [3.63, 3.8) is 0 Å². The quantitative estimate of drug-likeness (QED) is 0.754. The lowest BCUT2D eigenvalue weighted by atomic mass is 10.2. The summed E-state index contributed by atoms with van der Waals surface area (Å²) in [5.41, 5.74) is 0.900. The SMILES string of the molecule is CN(CCCC(=O)NCC#Cc1ccccc1)S(=O)(=O)c1cccs1. The van der Waals surface area contributed by atoms with Gasteiger partial charge < -0.3 is 5.32 Å². The van der Waals surface area contributed by atoms with Crippen molar-refractivity contribution < 1.29 is 13.2 Å². The van der Waals surface area contributed by atoms with Crippen molar-refractivity contribution in [3.05, 3.63) is 53.4 Å². The normalized spacial score (nSPS) is 11.0. The van der Waals surface area contributed by atoms with E-state index in [0.717, 1.165) is 5.56 Å². The fraction of sp³-hybridized carbons (Fsp3) is 0.278. The lowest BCUT2D eigenvalue weighted by molar-refractivity contribution is -0.120. The van der Waals surface area contributed by atoms with Gasteiger partial charge in [0.2, 0.25) is 5.91 Å². The van der Waals surface area contributed by atoms with Gasteiger partial charge >= 0.3 is 0 Å². The number of rotatable bonds is 7. The summed E-state index contributed by atoms with van der Waals surface area (Å²) in [5.74, 6) is 5.71. The molecule has 0 unspecified atom stereocenters. The molecule has 0 saturated carbocycles. The summed E-state index contributed by atoms with van der Waals surface area (Å²) in [6.07, 6.45) is 0.719. The molecular formula is C18H20N2O3S2. The summed E-state index contributed by atoms with van der Waals surface area (Å²) in [7, 11) is -1.92. The molecule has 0 saturated heterocycles. The van der Waals surface area contributed by atoms with Gasteiger partial charge in [-0.3, -0.25) is 4.79 Å². The Labute approximate surface area is 152 Å². The van der Waals surface area contributed by atoms with E-state index in [1.165, 1.54) is 22.7 Å². The van der Waals surface area contributed by atoms with Crippen molar-refractivity contribution >= 4 is 27.3 Å². The Balaban J connectivity index is 1.69. The van der Waals surface area contributed by atoms with Crippen molar-refractivity contribution in [3.8, 4) is 11.8 Å². The third-order valence-electron chi connectivity index (χ3n) is 3.42. The number of sulfonamides is 1. The second-order valence-corrected chi connectivity index (χ2v) is 8.53. The molecule has 25 heavy (non-hydrogen) atoms. The number of nitrogens with one attached hydrogen (secondary N) is 1. The number of hydrogen-bond acceptors (Lipinski definition) is 4. The molecule has 1 N–H and O–H groups in total. The zero-order chi connectivity index (χ0) is 18.1. The second-order valence-electron chi connectivity index (χ2n) is 5.31. The molecule has 1 aromatic carbocycles. The molecule has 0 fully saturated rings. The van der Waals surface area contributed by atoms with Gasteiger partial charge in [-0.15, -0.1) is 11.3 Å². The maximum atomic E-state index is 12.2. The number of benzene rings is 1. The standard InChI is InChI=1S/C18H20N2O3S2/c1-20(25(22,23)18-12-7-15-24-18)14-6-11-17(21)19-13-5-10-16-8-3-2-4-9-16/h2-4,7-9,12,15H,6,11,13-14H2,1H3,(H,19,21). The highest BCUT2D eigenvalue weighted by Gasteiger charge is 2.21. The maximum Gasteiger partial charge on any atom is 0.252 e. The Bertz CT molecular complexity index is 835. The Kier molecular flexibility index (Phi) is 7.19. The fourth-order valence-corrected chi connectivity index (χ4v) is 4.46. The number of amides is 1. The van der Waals surface area contributed by atoms with E-state index in [9.17, 15) is 13.2 Å². The summed E-state index contributed by atoms with van der Waals surface area (Å²) in [6.45, 7) is 0.570. The lowest BCUT2D eigenvalue weighted by Crippen LogP contribution is -2.29. The van der Waals surface area contributed by atoms with Crippen LogP contribution in [-0.4, -0.2) is 38.8 Å². The number of thiophene rings is 1. The lowest BCUT2D eigenvalue weighted by Gasteiger charge is -2.15. The number of nitrogens with zero attached hydrogens (tertiary/aromatic N) is 1. The monoisotopic (exact) mass is 376 g/mol. The first kappa shape index (κ1) is 19.2. The van der Waals surface area contributed by atoms with E-state index in [1.54, 1.807) is 17.5 Å². The molecule has 0 spiro atoms. The highest BCUT2D eigenvalue weighted by Crippen LogP contribution is 2.19. The molecule has 0 aliphatic heterocycles. The van der Waals surface area contributed by atoms with Crippen molar-refractivity contribution in [2.24, 2.45) is 0 Å². The molecule has 0 bridgehead atoms. The average Bonchev–Trinajstić information content (AvgIpc) is 3.15. The first-order valence-corrected chi connectivity index (χ1v) is 10.1. The molecule has 132 valence electrons. The molecule has 1 heterocycles. The zero-order valence-electron chi connectivity index (χ0n) is 13.9. The number of hydrogen-bond donors (Lipinski definition) is 1. The van der Waals surface area contributed by atoms with Crippen molar-refractivity contribution in [1.29, 1.82) is 0 Å². The van der Waals surface area contributed by atoms with Crippen molar-refractivity contribution in [2.75, 3.05) is 20.1 Å². The Morgan fingerprint density at radius 2 is 1.96 bits per heavy atom. The summed E-state index contributed by atoms with van der Waals surface area (Å²) >= 11 is 1.19. The van der Waals surface area contributed by atoms with Gasteiger partial charge in [0, 0.05) is 25.6 Å². The van der Waals surface area contributed by atoms with E-state index in [1.807, 2.05) is 30.3 Å². The summed E-state index contributed by atoms with van der Waals surface area (Å²) in [5, 5.41) is 4.44. The first-order chi connectivity index (χ1) is 12.0. The molecule has 0 atom stereocenters. The van der Waals surface area contributed by atoms with Crippen LogP contribution < -0.4 is 5.32 Å². The van der Waals surface area contributed by atoms with E-state index in [4.69, 9.17) is 0 Å². The minimum Gasteiger partial charge on any atom is -0.345 e. The highest BCUT2D eigenvalue weighted by atomic mass is 32.2. The Hall–Kier alpha value is -2.14. The van der Waals surface area contributed by atoms with E-state index in [2.05, 4.69) is 17.2 Å². The van der Waals surface area contributed by atoms with Gasteiger partial charge in [0.05, 0.1) is 6.54 Å². The molecule has 0 aliphatic rings. The minimum absolute atomic E-state index is 0.135. The van der Waals surface area contributed by atoms with Gasteiger partial charge in [-0.2, -0.15) is 0 Å². The predicted molar refractivity (Wildman–Crippen MR) is 99.7 cm³/mol. The van der Waals surface area contributed by atoms with Gasteiger partial charge in [-0.25, -0.2) is 12.7 Å². The smallest absolute Gasteiger partial charge is 0.252 e. The average molecular weight is 377 g/mol.